The van der Waals surface area contributed by atoms with Crippen LogP contribution in [0.1, 0.15) is 80.5 Å². The molecular formula is C20H29NO4. The lowest BCUT2D eigenvalue weighted by Crippen LogP contribution is -2.50. The van der Waals surface area contributed by atoms with Crippen LogP contribution in [0.25, 0.3) is 0 Å². The second-order valence-corrected chi connectivity index (χ2v) is 7.37. The van der Waals surface area contributed by atoms with Gasteiger partial charge in [-0.1, -0.05) is 38.5 Å². The number of nitrogens with zero attached hydrogens (tertiary/aromatic N) is 1. The average Bonchev–Trinajstić information content (AvgIpc) is 3.08. The summed E-state index contributed by atoms with van der Waals surface area (Å²) in [6.07, 6.45) is 11.6. The van der Waals surface area contributed by atoms with Gasteiger partial charge < -0.3 is 14.1 Å². The molecule has 2 aliphatic carbocycles. The van der Waals surface area contributed by atoms with Crippen molar-refractivity contribution in [2.45, 2.75) is 83.2 Å². The predicted molar refractivity (Wildman–Crippen MR) is 94.3 cm³/mol. The minimum absolute atomic E-state index is 0.0459. The fraction of sp³-hybridized carbons (Fsp3) is 0.700. The Morgan fingerprint density at radius 1 is 1.00 bits per heavy atom. The number of amides is 1. The fourth-order valence-corrected chi connectivity index (χ4v) is 4.24. The molecule has 3 rings (SSSR count). The summed E-state index contributed by atoms with van der Waals surface area (Å²) in [6, 6.07) is 3.93. The van der Waals surface area contributed by atoms with E-state index in [-0.39, 0.29) is 18.3 Å². The van der Waals surface area contributed by atoms with Gasteiger partial charge in [0.15, 0.2) is 6.61 Å². The number of esters is 1. The number of carbonyl (C=O) groups excluding carboxylic acids is 2. The van der Waals surface area contributed by atoms with E-state index < -0.39 is 5.97 Å². The van der Waals surface area contributed by atoms with Crippen molar-refractivity contribution in [3.63, 3.8) is 0 Å². The van der Waals surface area contributed by atoms with Crippen LogP contribution in [0.15, 0.2) is 16.5 Å². The molecular weight excluding hydrogens is 318 g/mol. The van der Waals surface area contributed by atoms with E-state index in [0.29, 0.717) is 17.8 Å². The largest absolute Gasteiger partial charge is 0.454 e. The van der Waals surface area contributed by atoms with Crippen LogP contribution >= 0.6 is 0 Å². The Labute approximate surface area is 149 Å². The number of carbonyl (C=O) groups is 2. The van der Waals surface area contributed by atoms with Crippen molar-refractivity contribution in [2.75, 3.05) is 6.61 Å². The molecule has 1 aromatic rings. The van der Waals surface area contributed by atoms with E-state index >= 15 is 0 Å². The minimum atomic E-state index is -0.561. The zero-order valence-electron chi connectivity index (χ0n) is 15.2. The van der Waals surface area contributed by atoms with Crippen molar-refractivity contribution >= 4 is 11.9 Å². The zero-order chi connectivity index (χ0) is 17.6. The second-order valence-electron chi connectivity index (χ2n) is 7.37. The van der Waals surface area contributed by atoms with E-state index in [0.717, 1.165) is 25.7 Å². The van der Waals surface area contributed by atoms with Gasteiger partial charge in [0.1, 0.15) is 5.76 Å². The molecule has 0 bridgehead atoms. The molecule has 0 unspecified atom stereocenters. The molecule has 1 amide bonds. The molecule has 1 aromatic heterocycles. The first-order valence-electron chi connectivity index (χ1n) is 9.70. The van der Waals surface area contributed by atoms with Crippen LogP contribution in [0.2, 0.25) is 0 Å². The molecule has 0 radical (unpaired) electrons. The SMILES string of the molecule is Cc1ccc(C(=O)OCC(=O)N(C2CCCCC2)C2CCCCC2)o1. The average molecular weight is 347 g/mol. The molecule has 0 saturated heterocycles. The topological polar surface area (TPSA) is 59.8 Å². The fourth-order valence-electron chi connectivity index (χ4n) is 4.24. The van der Waals surface area contributed by atoms with Crippen molar-refractivity contribution in [3.8, 4) is 0 Å². The molecule has 138 valence electrons. The van der Waals surface area contributed by atoms with E-state index in [4.69, 9.17) is 9.15 Å². The number of hydrogen-bond donors (Lipinski definition) is 0. The van der Waals surface area contributed by atoms with Crippen LogP contribution in [0, 0.1) is 6.92 Å². The number of hydrogen-bond acceptors (Lipinski definition) is 4. The Balaban J connectivity index is 1.62. The highest BCUT2D eigenvalue weighted by molar-refractivity contribution is 5.89. The van der Waals surface area contributed by atoms with Crippen molar-refractivity contribution in [1.29, 1.82) is 0 Å². The summed E-state index contributed by atoms with van der Waals surface area (Å²) in [7, 11) is 0. The molecule has 2 aliphatic rings. The normalized spacial score (nSPS) is 19.6. The molecule has 0 aliphatic heterocycles. The maximum Gasteiger partial charge on any atom is 0.374 e. The van der Waals surface area contributed by atoms with Gasteiger partial charge in [-0.05, 0) is 44.7 Å². The lowest BCUT2D eigenvalue weighted by molar-refractivity contribution is -0.141. The van der Waals surface area contributed by atoms with E-state index in [2.05, 4.69) is 4.90 Å². The van der Waals surface area contributed by atoms with Gasteiger partial charge in [0.25, 0.3) is 5.91 Å². The summed E-state index contributed by atoms with van der Waals surface area (Å²) in [4.78, 5) is 27.0. The number of ether oxygens (including phenoxy) is 1. The summed E-state index contributed by atoms with van der Waals surface area (Å²) < 4.78 is 10.5. The summed E-state index contributed by atoms with van der Waals surface area (Å²) in [6.45, 7) is 1.58. The van der Waals surface area contributed by atoms with E-state index in [1.165, 1.54) is 38.5 Å². The van der Waals surface area contributed by atoms with Gasteiger partial charge in [-0.15, -0.1) is 0 Å². The monoisotopic (exact) mass is 347 g/mol. The summed E-state index contributed by atoms with van der Waals surface area (Å²) in [5.41, 5.74) is 0. The highest BCUT2D eigenvalue weighted by Crippen LogP contribution is 2.30. The van der Waals surface area contributed by atoms with Crippen molar-refractivity contribution in [1.82, 2.24) is 4.90 Å². The molecule has 0 N–H and O–H groups in total. The molecule has 2 fully saturated rings. The van der Waals surface area contributed by atoms with Crippen LogP contribution in [-0.2, 0) is 9.53 Å². The molecule has 25 heavy (non-hydrogen) atoms. The Morgan fingerprint density at radius 3 is 2.04 bits per heavy atom. The van der Waals surface area contributed by atoms with E-state index in [9.17, 15) is 9.59 Å². The Bertz CT molecular complexity index is 564. The number of rotatable bonds is 5. The number of aryl methyl sites for hydroxylation is 1. The van der Waals surface area contributed by atoms with E-state index in [1.54, 1.807) is 19.1 Å². The number of furan rings is 1. The standard InChI is InChI=1S/C20H29NO4/c1-15-12-13-18(25-15)20(23)24-14-19(22)21(16-8-4-2-5-9-16)17-10-6-3-7-11-17/h12-13,16-17H,2-11,14H2,1H3. The predicted octanol–water partition coefficient (Wildman–Crippen LogP) is 4.24. The Kier molecular flexibility index (Phi) is 6.16. The summed E-state index contributed by atoms with van der Waals surface area (Å²) in [5.74, 6) is 0.209. The van der Waals surface area contributed by atoms with Crippen molar-refractivity contribution < 1.29 is 18.7 Å². The first-order chi connectivity index (χ1) is 12.1. The molecule has 0 atom stereocenters. The molecule has 5 heteroatoms. The third-order valence-corrected chi connectivity index (χ3v) is 5.49. The molecule has 2 saturated carbocycles. The van der Waals surface area contributed by atoms with Gasteiger partial charge in [-0.3, -0.25) is 4.79 Å². The quantitative estimate of drug-likeness (QED) is 0.748. The van der Waals surface area contributed by atoms with Crippen LogP contribution < -0.4 is 0 Å². The molecule has 0 spiro atoms. The first-order valence-corrected chi connectivity index (χ1v) is 9.70. The lowest BCUT2D eigenvalue weighted by Gasteiger charge is -2.41. The van der Waals surface area contributed by atoms with Crippen molar-refractivity contribution in [2.24, 2.45) is 0 Å². The van der Waals surface area contributed by atoms with Crippen LogP contribution in [0.3, 0.4) is 0 Å². The maximum atomic E-state index is 12.9. The van der Waals surface area contributed by atoms with Gasteiger partial charge >= 0.3 is 5.97 Å². The third-order valence-electron chi connectivity index (χ3n) is 5.49. The van der Waals surface area contributed by atoms with Crippen LogP contribution in [0.5, 0.6) is 0 Å². The van der Waals surface area contributed by atoms with Gasteiger partial charge in [0.05, 0.1) is 0 Å². The smallest absolute Gasteiger partial charge is 0.374 e. The van der Waals surface area contributed by atoms with Crippen LogP contribution in [0.4, 0.5) is 0 Å². The first kappa shape index (κ1) is 18.0. The van der Waals surface area contributed by atoms with E-state index in [1.807, 2.05) is 0 Å². The molecule has 1 heterocycles. The third kappa shape index (κ3) is 4.65. The minimum Gasteiger partial charge on any atom is -0.454 e. The zero-order valence-corrected chi connectivity index (χ0v) is 15.2. The van der Waals surface area contributed by atoms with Gasteiger partial charge in [0.2, 0.25) is 5.76 Å². The molecule has 5 nitrogen and oxygen atoms in total. The maximum absolute atomic E-state index is 12.9. The second kappa shape index (κ2) is 8.54. The van der Waals surface area contributed by atoms with Gasteiger partial charge in [-0.2, -0.15) is 0 Å². The Hall–Kier alpha value is -1.78. The summed E-state index contributed by atoms with van der Waals surface area (Å²) >= 11 is 0. The highest BCUT2D eigenvalue weighted by Gasteiger charge is 2.33. The van der Waals surface area contributed by atoms with Crippen LogP contribution in [-0.4, -0.2) is 35.5 Å². The highest BCUT2D eigenvalue weighted by atomic mass is 16.5. The lowest BCUT2D eigenvalue weighted by atomic mass is 9.88. The Morgan fingerprint density at radius 2 is 1.56 bits per heavy atom. The molecule has 0 aromatic carbocycles. The van der Waals surface area contributed by atoms with Crippen molar-refractivity contribution in [3.05, 3.63) is 23.7 Å². The van der Waals surface area contributed by atoms with Gasteiger partial charge in [0, 0.05) is 12.1 Å². The summed E-state index contributed by atoms with van der Waals surface area (Å²) in [5, 5.41) is 0. The van der Waals surface area contributed by atoms with Gasteiger partial charge in [-0.25, -0.2) is 4.79 Å².